The van der Waals surface area contributed by atoms with Crippen LogP contribution in [0.4, 0.5) is 0 Å². The molecule has 0 bridgehead atoms. The molecular weight excluding hydrogens is 366 g/mol. The van der Waals surface area contributed by atoms with Crippen LogP contribution in [0.15, 0.2) is 53.0 Å². The summed E-state index contributed by atoms with van der Waals surface area (Å²) < 4.78 is 1.44. The lowest BCUT2D eigenvalue weighted by Gasteiger charge is -2.18. The Morgan fingerprint density at radius 2 is 2.08 bits per heavy atom. The Kier molecular flexibility index (Phi) is 4.94. The van der Waals surface area contributed by atoms with Crippen LogP contribution in [0.25, 0.3) is 10.7 Å². The van der Waals surface area contributed by atoms with E-state index >= 15 is 0 Å². The highest BCUT2D eigenvalue weighted by Crippen LogP contribution is 2.41. The number of nitrogens with two attached hydrogens (primary N) is 1. The van der Waals surface area contributed by atoms with Gasteiger partial charge in [0.15, 0.2) is 5.82 Å². The molecule has 1 fully saturated rings. The van der Waals surface area contributed by atoms with Gasteiger partial charge >= 0.3 is 0 Å². The molecule has 3 N–H and O–H groups in total. The van der Waals surface area contributed by atoms with E-state index in [-0.39, 0.29) is 17.7 Å². The number of nitrogen functional groups attached to an aromatic ring is 1. The molecule has 0 radical (unpaired) electrons. The zero-order valence-corrected chi connectivity index (χ0v) is 15.7. The van der Waals surface area contributed by atoms with Crippen LogP contribution in [-0.2, 0) is 4.79 Å². The molecule has 1 unspecified atom stereocenters. The number of hydrogen-bond acceptors (Lipinski definition) is 6. The van der Waals surface area contributed by atoms with Crippen LogP contribution < -0.4 is 11.2 Å². The largest absolute Gasteiger partial charge is 0.348 e. The summed E-state index contributed by atoms with van der Waals surface area (Å²) in [4.78, 5) is 13.4. The summed E-state index contributed by atoms with van der Waals surface area (Å²) >= 11 is 2.85. The maximum Gasteiger partial charge on any atom is 0.230 e. The quantitative estimate of drug-likeness (QED) is 0.482. The van der Waals surface area contributed by atoms with Crippen LogP contribution in [0.2, 0.25) is 0 Å². The van der Waals surface area contributed by atoms with Crippen molar-refractivity contribution in [3.8, 4) is 10.7 Å². The molecule has 1 aliphatic rings. The summed E-state index contributed by atoms with van der Waals surface area (Å²) in [7, 11) is 0. The summed E-state index contributed by atoms with van der Waals surface area (Å²) in [5, 5.41) is 13.9. The van der Waals surface area contributed by atoms with Gasteiger partial charge in [-0.2, -0.15) is 0 Å². The Bertz CT molecular complexity index is 874. The molecule has 134 valence electrons. The lowest BCUT2D eigenvalue weighted by Crippen LogP contribution is -2.31. The van der Waals surface area contributed by atoms with Crippen LogP contribution in [0.3, 0.4) is 0 Å². The van der Waals surface area contributed by atoms with Gasteiger partial charge in [-0.3, -0.25) is 4.79 Å². The van der Waals surface area contributed by atoms with Gasteiger partial charge in [-0.1, -0.05) is 48.2 Å². The van der Waals surface area contributed by atoms with Gasteiger partial charge in [0.1, 0.15) is 0 Å². The van der Waals surface area contributed by atoms with E-state index in [9.17, 15) is 4.79 Å². The highest BCUT2D eigenvalue weighted by Gasteiger charge is 2.33. The van der Waals surface area contributed by atoms with Gasteiger partial charge in [0.05, 0.1) is 16.7 Å². The molecule has 1 atom stereocenters. The molecule has 6 nitrogen and oxygen atoms in total. The van der Waals surface area contributed by atoms with E-state index < -0.39 is 0 Å². The first-order valence-corrected chi connectivity index (χ1v) is 10.3. The standard InChI is InChI=1S/C18H19N5OS2/c19-23-17(14-7-4-10-25-14)21-22-18(23)26-11-15(24)20-16(13-8-9-13)12-5-2-1-3-6-12/h1-7,10,13,16H,8-9,11,19H2,(H,20,24). The second kappa shape index (κ2) is 7.51. The van der Waals surface area contributed by atoms with Gasteiger partial charge in [-0.25, -0.2) is 4.68 Å². The Hall–Kier alpha value is -2.32. The van der Waals surface area contributed by atoms with Gasteiger partial charge in [-0.15, -0.1) is 21.5 Å². The van der Waals surface area contributed by atoms with Crippen molar-refractivity contribution in [3.05, 3.63) is 53.4 Å². The zero-order valence-electron chi connectivity index (χ0n) is 14.0. The number of rotatable bonds is 7. The summed E-state index contributed by atoms with van der Waals surface area (Å²) in [6.45, 7) is 0. The summed E-state index contributed by atoms with van der Waals surface area (Å²) in [5.41, 5.74) is 1.16. The first kappa shape index (κ1) is 17.1. The van der Waals surface area contributed by atoms with Crippen molar-refractivity contribution < 1.29 is 4.79 Å². The van der Waals surface area contributed by atoms with E-state index in [4.69, 9.17) is 5.84 Å². The molecule has 8 heteroatoms. The number of amides is 1. The van der Waals surface area contributed by atoms with Gasteiger partial charge < -0.3 is 11.2 Å². The van der Waals surface area contributed by atoms with E-state index in [2.05, 4.69) is 27.6 Å². The Balaban J connectivity index is 1.38. The predicted molar refractivity (Wildman–Crippen MR) is 104 cm³/mol. The van der Waals surface area contributed by atoms with Crippen molar-refractivity contribution in [2.45, 2.75) is 24.0 Å². The van der Waals surface area contributed by atoms with E-state index in [0.717, 1.165) is 23.3 Å². The molecule has 1 amide bonds. The molecule has 2 aromatic heterocycles. The highest BCUT2D eigenvalue weighted by atomic mass is 32.2. The van der Waals surface area contributed by atoms with Crippen LogP contribution in [-0.4, -0.2) is 26.5 Å². The Morgan fingerprint density at radius 3 is 2.77 bits per heavy atom. The van der Waals surface area contributed by atoms with Crippen molar-refractivity contribution in [1.82, 2.24) is 20.2 Å². The first-order valence-electron chi connectivity index (χ1n) is 8.44. The number of thioether (sulfide) groups is 1. The third-order valence-electron chi connectivity index (χ3n) is 4.31. The maximum atomic E-state index is 12.5. The Morgan fingerprint density at radius 1 is 1.27 bits per heavy atom. The lowest BCUT2D eigenvalue weighted by atomic mass is 10.0. The summed E-state index contributed by atoms with van der Waals surface area (Å²) in [5.74, 6) is 7.47. The first-order chi connectivity index (χ1) is 12.7. The molecule has 0 spiro atoms. The van der Waals surface area contributed by atoms with Crippen molar-refractivity contribution in [1.29, 1.82) is 0 Å². The molecule has 0 saturated heterocycles. The summed E-state index contributed by atoms with van der Waals surface area (Å²) in [6, 6.07) is 14.1. The molecular formula is C18H19N5OS2. The van der Waals surface area contributed by atoms with Gasteiger partial charge in [0.25, 0.3) is 0 Å². The van der Waals surface area contributed by atoms with E-state index in [1.165, 1.54) is 16.4 Å². The van der Waals surface area contributed by atoms with E-state index in [0.29, 0.717) is 16.9 Å². The highest BCUT2D eigenvalue weighted by molar-refractivity contribution is 7.99. The monoisotopic (exact) mass is 385 g/mol. The Labute approximate surface area is 159 Å². The van der Waals surface area contributed by atoms with Gasteiger partial charge in [0.2, 0.25) is 11.1 Å². The fourth-order valence-electron chi connectivity index (χ4n) is 2.86. The molecule has 1 aromatic carbocycles. The number of nitrogens with one attached hydrogen (secondary N) is 1. The number of aromatic nitrogens is 3. The number of hydrogen-bond donors (Lipinski definition) is 2. The molecule has 3 aromatic rings. The fourth-order valence-corrected chi connectivity index (χ4v) is 4.23. The SMILES string of the molecule is Nn1c(SCC(=O)NC(c2ccccc2)C2CC2)nnc1-c1cccs1. The summed E-state index contributed by atoms with van der Waals surface area (Å²) in [6.07, 6.45) is 2.32. The average molecular weight is 386 g/mol. The number of carbonyl (C=O) groups excluding carboxylic acids is 1. The fraction of sp³-hybridized carbons (Fsp3) is 0.278. The molecule has 1 aliphatic carbocycles. The van der Waals surface area contributed by atoms with Crippen LogP contribution in [0.5, 0.6) is 0 Å². The lowest BCUT2D eigenvalue weighted by molar-refractivity contribution is -0.119. The number of thiophene rings is 1. The molecule has 26 heavy (non-hydrogen) atoms. The number of nitrogens with zero attached hydrogens (tertiary/aromatic N) is 3. The molecule has 4 rings (SSSR count). The topological polar surface area (TPSA) is 85.8 Å². The normalized spacial score (nSPS) is 14.9. The van der Waals surface area contributed by atoms with Crippen LogP contribution in [0, 0.1) is 5.92 Å². The second-order valence-corrected chi connectivity index (χ2v) is 8.13. The number of benzene rings is 1. The van der Waals surface area contributed by atoms with Crippen molar-refractivity contribution in [3.63, 3.8) is 0 Å². The minimum atomic E-state index is -0.0172. The van der Waals surface area contributed by atoms with Gasteiger partial charge in [-0.05, 0) is 35.8 Å². The van der Waals surface area contributed by atoms with Crippen molar-refractivity contribution >= 4 is 29.0 Å². The second-order valence-electron chi connectivity index (χ2n) is 6.24. The average Bonchev–Trinajstić information content (AvgIpc) is 3.23. The van der Waals surface area contributed by atoms with E-state index in [1.54, 1.807) is 11.3 Å². The number of carbonyl (C=O) groups is 1. The van der Waals surface area contributed by atoms with Crippen LogP contribution >= 0.6 is 23.1 Å². The van der Waals surface area contributed by atoms with Crippen LogP contribution in [0.1, 0.15) is 24.4 Å². The van der Waals surface area contributed by atoms with Crippen molar-refractivity contribution in [2.75, 3.05) is 11.6 Å². The molecule has 1 saturated carbocycles. The predicted octanol–water partition coefficient (Wildman–Crippen LogP) is 3.08. The maximum absolute atomic E-state index is 12.5. The minimum absolute atomic E-state index is 0.0172. The van der Waals surface area contributed by atoms with Crippen molar-refractivity contribution in [2.24, 2.45) is 5.92 Å². The van der Waals surface area contributed by atoms with E-state index in [1.807, 2.05) is 35.7 Å². The zero-order chi connectivity index (χ0) is 17.9. The third-order valence-corrected chi connectivity index (χ3v) is 6.12. The smallest absolute Gasteiger partial charge is 0.230 e. The molecule has 2 heterocycles. The third kappa shape index (κ3) is 3.76. The minimum Gasteiger partial charge on any atom is -0.348 e. The molecule has 0 aliphatic heterocycles. The van der Waals surface area contributed by atoms with Gasteiger partial charge in [0, 0.05) is 0 Å².